The molecule has 2 saturated heterocycles. The van der Waals surface area contributed by atoms with Gasteiger partial charge in [0.05, 0.1) is 12.2 Å². The molecular formula is C18H39N3O. The van der Waals surface area contributed by atoms with E-state index in [1.165, 1.54) is 45.3 Å². The van der Waals surface area contributed by atoms with Gasteiger partial charge in [0.15, 0.2) is 0 Å². The Morgan fingerprint density at radius 1 is 0.909 bits per heavy atom. The highest BCUT2D eigenvalue weighted by molar-refractivity contribution is 4.78. The Hall–Kier alpha value is -0.160. The van der Waals surface area contributed by atoms with Crippen LogP contribution in [0.1, 0.15) is 53.4 Å². The zero-order valence-electron chi connectivity index (χ0n) is 15.4. The zero-order chi connectivity index (χ0) is 16.4. The molecule has 0 aromatic carbocycles. The maximum atomic E-state index is 6.33. The monoisotopic (exact) mass is 313 g/mol. The first-order valence-electron chi connectivity index (χ1n) is 9.47. The predicted molar refractivity (Wildman–Crippen MR) is 95.2 cm³/mol. The molecule has 2 aliphatic heterocycles. The number of likely N-dealkylation sites (tertiary alicyclic amines) is 2. The molecule has 4 heteroatoms. The molecule has 2 fully saturated rings. The molecule has 22 heavy (non-hydrogen) atoms. The minimum atomic E-state index is 0.491. The van der Waals surface area contributed by atoms with Gasteiger partial charge in [-0.1, -0.05) is 27.7 Å². The van der Waals surface area contributed by atoms with E-state index in [1.54, 1.807) is 0 Å². The summed E-state index contributed by atoms with van der Waals surface area (Å²) in [7, 11) is 0. The minimum Gasteiger partial charge on any atom is -0.375 e. The lowest BCUT2D eigenvalue weighted by Gasteiger charge is -2.37. The fraction of sp³-hybridized carbons (Fsp3) is 1.00. The summed E-state index contributed by atoms with van der Waals surface area (Å²) in [5, 5.41) is 0. The summed E-state index contributed by atoms with van der Waals surface area (Å²) in [6.07, 6.45) is 5.80. The van der Waals surface area contributed by atoms with Gasteiger partial charge in [0.2, 0.25) is 0 Å². The third-order valence-electron chi connectivity index (χ3n) is 4.52. The smallest absolute Gasteiger partial charge is 0.0603 e. The van der Waals surface area contributed by atoms with Crippen LogP contribution in [0.4, 0.5) is 0 Å². The number of rotatable bonds is 6. The Morgan fingerprint density at radius 2 is 1.36 bits per heavy atom. The van der Waals surface area contributed by atoms with Crippen molar-refractivity contribution in [1.82, 2.24) is 9.80 Å². The molecule has 0 aromatic heterocycles. The minimum absolute atomic E-state index is 0.491. The highest BCUT2D eigenvalue weighted by Crippen LogP contribution is 2.21. The van der Waals surface area contributed by atoms with Crippen LogP contribution in [0.3, 0.4) is 0 Å². The van der Waals surface area contributed by atoms with Crippen LogP contribution in [0.25, 0.3) is 0 Å². The van der Waals surface area contributed by atoms with Gasteiger partial charge in [0.25, 0.3) is 0 Å². The molecule has 0 aliphatic carbocycles. The average Bonchev–Trinajstić information content (AvgIpc) is 2.53. The second kappa shape index (κ2) is 11.4. The molecule has 0 radical (unpaired) electrons. The van der Waals surface area contributed by atoms with Gasteiger partial charge in [0, 0.05) is 45.8 Å². The lowest BCUT2D eigenvalue weighted by molar-refractivity contribution is -0.0653. The molecular weight excluding hydrogens is 274 g/mol. The Balaban J connectivity index is 0.00000116. The molecule has 2 heterocycles. The summed E-state index contributed by atoms with van der Waals surface area (Å²) in [5.41, 5.74) is 5.61. The maximum Gasteiger partial charge on any atom is 0.0603 e. The molecule has 132 valence electrons. The van der Waals surface area contributed by atoms with Crippen molar-refractivity contribution in [2.75, 3.05) is 45.8 Å². The van der Waals surface area contributed by atoms with Crippen molar-refractivity contribution in [2.24, 2.45) is 11.7 Å². The van der Waals surface area contributed by atoms with Crippen molar-refractivity contribution in [3.63, 3.8) is 0 Å². The summed E-state index contributed by atoms with van der Waals surface area (Å²) in [6, 6.07) is 0. The van der Waals surface area contributed by atoms with Crippen molar-refractivity contribution in [3.05, 3.63) is 0 Å². The number of piperidine rings is 2. The number of nitrogens with two attached hydrogens (primary N) is 1. The number of hydrogen-bond donors (Lipinski definition) is 1. The normalized spacial score (nSPS) is 22.6. The third kappa shape index (κ3) is 7.40. The van der Waals surface area contributed by atoms with Gasteiger partial charge in [-0.3, -0.25) is 0 Å². The largest absolute Gasteiger partial charge is 0.375 e. The van der Waals surface area contributed by atoms with E-state index in [9.17, 15) is 0 Å². The molecule has 0 atom stereocenters. The van der Waals surface area contributed by atoms with E-state index in [4.69, 9.17) is 10.5 Å². The first-order valence-corrected chi connectivity index (χ1v) is 9.47. The van der Waals surface area contributed by atoms with Gasteiger partial charge in [-0.25, -0.2) is 0 Å². The van der Waals surface area contributed by atoms with Gasteiger partial charge in [-0.05, 0) is 31.6 Å². The number of hydrogen-bond acceptors (Lipinski definition) is 4. The van der Waals surface area contributed by atoms with Crippen LogP contribution in [0.2, 0.25) is 0 Å². The molecule has 4 nitrogen and oxygen atoms in total. The first kappa shape index (κ1) is 19.9. The molecule has 2 N–H and O–H groups in total. The zero-order valence-corrected chi connectivity index (χ0v) is 15.4. The predicted octanol–water partition coefficient (Wildman–Crippen LogP) is 2.57. The maximum absolute atomic E-state index is 6.33. The van der Waals surface area contributed by atoms with Crippen molar-refractivity contribution in [2.45, 2.75) is 65.6 Å². The van der Waals surface area contributed by atoms with Crippen LogP contribution in [-0.2, 0) is 4.74 Å². The quantitative estimate of drug-likeness (QED) is 0.818. The third-order valence-corrected chi connectivity index (χ3v) is 4.52. The number of ether oxygens (including phenoxy) is 1. The lowest BCUT2D eigenvalue weighted by Crippen LogP contribution is -2.43. The molecule has 2 aliphatic rings. The summed E-state index contributed by atoms with van der Waals surface area (Å²) in [5.74, 6) is 0.777. The second-order valence-electron chi connectivity index (χ2n) is 6.86. The summed E-state index contributed by atoms with van der Waals surface area (Å²) < 4.78 is 6.33. The van der Waals surface area contributed by atoms with E-state index in [0.29, 0.717) is 12.2 Å². The van der Waals surface area contributed by atoms with Crippen LogP contribution in [0.15, 0.2) is 0 Å². The van der Waals surface area contributed by atoms with E-state index >= 15 is 0 Å². The topological polar surface area (TPSA) is 41.7 Å². The highest BCUT2D eigenvalue weighted by Gasteiger charge is 2.25. The Bertz CT molecular complexity index is 257. The fourth-order valence-corrected chi connectivity index (χ4v) is 3.47. The van der Waals surface area contributed by atoms with Gasteiger partial charge < -0.3 is 20.3 Å². The van der Waals surface area contributed by atoms with E-state index in [-0.39, 0.29) is 0 Å². The van der Waals surface area contributed by atoms with Gasteiger partial charge in [-0.2, -0.15) is 0 Å². The molecule has 2 rings (SSSR count). The highest BCUT2D eigenvalue weighted by atomic mass is 16.5. The molecule has 0 spiro atoms. The molecule has 0 aromatic rings. The van der Waals surface area contributed by atoms with E-state index < -0.39 is 0 Å². The summed E-state index contributed by atoms with van der Waals surface area (Å²) >= 11 is 0. The van der Waals surface area contributed by atoms with Crippen molar-refractivity contribution < 1.29 is 4.74 Å². The van der Waals surface area contributed by atoms with Crippen LogP contribution in [0.5, 0.6) is 0 Å². The average molecular weight is 314 g/mol. The molecule has 0 saturated carbocycles. The first-order chi connectivity index (χ1) is 10.7. The van der Waals surface area contributed by atoms with Gasteiger partial charge in [0.1, 0.15) is 0 Å². The molecule has 0 bridgehead atoms. The molecule has 0 amide bonds. The van der Waals surface area contributed by atoms with E-state index in [2.05, 4.69) is 23.6 Å². The SMILES string of the molecule is CC.CC(C)CN1CCC(OC2CCN(CCN)CC2)CC1. The standard InChI is InChI=1S/C16H33N3O.C2H6/c1-14(2)13-19-10-5-16(6-11-19)20-15-3-8-18(9-4-15)12-7-17;1-2/h14-16H,3-13,17H2,1-2H3;1-2H3. The van der Waals surface area contributed by atoms with Crippen molar-refractivity contribution >= 4 is 0 Å². The van der Waals surface area contributed by atoms with Crippen LogP contribution in [-0.4, -0.2) is 67.8 Å². The lowest BCUT2D eigenvalue weighted by atomic mass is 10.0. The van der Waals surface area contributed by atoms with Crippen LogP contribution < -0.4 is 5.73 Å². The summed E-state index contributed by atoms with van der Waals surface area (Å²) in [6.45, 7) is 16.4. The van der Waals surface area contributed by atoms with Crippen molar-refractivity contribution in [3.8, 4) is 0 Å². The van der Waals surface area contributed by atoms with Gasteiger partial charge >= 0.3 is 0 Å². The number of nitrogens with zero attached hydrogens (tertiary/aromatic N) is 2. The van der Waals surface area contributed by atoms with E-state index in [0.717, 1.165) is 32.1 Å². The van der Waals surface area contributed by atoms with Crippen molar-refractivity contribution in [1.29, 1.82) is 0 Å². The Kier molecular flexibility index (Phi) is 10.3. The molecule has 0 unspecified atom stereocenters. The second-order valence-corrected chi connectivity index (χ2v) is 6.86. The fourth-order valence-electron chi connectivity index (χ4n) is 3.47. The van der Waals surface area contributed by atoms with Crippen LogP contribution >= 0.6 is 0 Å². The Labute approximate surface area is 138 Å². The van der Waals surface area contributed by atoms with Gasteiger partial charge in [-0.15, -0.1) is 0 Å². The van der Waals surface area contributed by atoms with E-state index in [1.807, 2.05) is 13.8 Å². The van der Waals surface area contributed by atoms with Crippen LogP contribution in [0, 0.1) is 5.92 Å². The Morgan fingerprint density at radius 3 is 1.77 bits per heavy atom. The summed E-state index contributed by atoms with van der Waals surface area (Å²) in [4.78, 5) is 5.06.